The van der Waals surface area contributed by atoms with Gasteiger partial charge in [0, 0.05) is 17.4 Å². The van der Waals surface area contributed by atoms with Crippen LogP contribution in [0.5, 0.6) is 11.5 Å². The lowest BCUT2D eigenvalue weighted by Crippen LogP contribution is -2.21. The summed E-state index contributed by atoms with van der Waals surface area (Å²) in [6.45, 7) is 5.17. The molecule has 0 radical (unpaired) electrons. The van der Waals surface area contributed by atoms with Crippen LogP contribution in [0.2, 0.25) is 0 Å². The van der Waals surface area contributed by atoms with Crippen molar-refractivity contribution in [1.29, 1.82) is 0 Å². The highest BCUT2D eigenvalue weighted by atomic mass is 16.5. The molecule has 0 saturated carbocycles. The van der Waals surface area contributed by atoms with Crippen LogP contribution in [-0.4, -0.2) is 25.7 Å². The summed E-state index contributed by atoms with van der Waals surface area (Å²) in [7, 11) is 0. The average molecular weight is 390 g/mol. The first-order chi connectivity index (χ1) is 14.1. The number of ether oxygens (including phenoxy) is 2. The molecule has 1 amide bonds. The predicted molar refractivity (Wildman–Crippen MR) is 117 cm³/mol. The van der Waals surface area contributed by atoms with E-state index in [4.69, 9.17) is 9.47 Å². The Labute approximate surface area is 171 Å². The Balaban J connectivity index is 1.43. The monoisotopic (exact) mass is 390 g/mol. The molecule has 0 aliphatic rings. The highest BCUT2D eigenvalue weighted by Crippen LogP contribution is 2.18. The first-order valence-corrected chi connectivity index (χ1v) is 9.62. The van der Waals surface area contributed by atoms with Gasteiger partial charge in [0.2, 0.25) is 5.91 Å². The van der Waals surface area contributed by atoms with Crippen molar-refractivity contribution in [1.82, 2.24) is 0 Å². The van der Waals surface area contributed by atoms with Gasteiger partial charge in [0.05, 0.1) is 6.54 Å². The van der Waals surface area contributed by atoms with Gasteiger partial charge in [-0.1, -0.05) is 30.3 Å². The van der Waals surface area contributed by atoms with Crippen molar-refractivity contribution < 1.29 is 14.3 Å². The van der Waals surface area contributed by atoms with Gasteiger partial charge in [0.15, 0.2) is 0 Å². The van der Waals surface area contributed by atoms with Crippen LogP contribution >= 0.6 is 0 Å². The van der Waals surface area contributed by atoms with Crippen molar-refractivity contribution in [3.63, 3.8) is 0 Å². The molecular weight excluding hydrogens is 364 g/mol. The normalized spacial score (nSPS) is 10.3. The molecular formula is C24H26N2O3. The highest BCUT2D eigenvalue weighted by Gasteiger charge is 2.04. The van der Waals surface area contributed by atoms with Gasteiger partial charge >= 0.3 is 0 Å². The molecule has 2 N–H and O–H groups in total. The first kappa shape index (κ1) is 20.3. The predicted octanol–water partition coefficient (Wildman–Crippen LogP) is 4.81. The van der Waals surface area contributed by atoms with Crippen LogP contribution in [0.4, 0.5) is 11.4 Å². The van der Waals surface area contributed by atoms with Crippen molar-refractivity contribution >= 4 is 17.3 Å². The van der Waals surface area contributed by atoms with Crippen LogP contribution in [0.1, 0.15) is 11.1 Å². The van der Waals surface area contributed by atoms with Gasteiger partial charge in [0.1, 0.15) is 24.7 Å². The third kappa shape index (κ3) is 6.57. The lowest BCUT2D eigenvalue weighted by atomic mass is 10.1. The maximum atomic E-state index is 12.2. The zero-order chi connectivity index (χ0) is 20.5. The molecule has 0 aromatic heterocycles. The second kappa shape index (κ2) is 10.2. The van der Waals surface area contributed by atoms with E-state index >= 15 is 0 Å². The molecule has 0 unspecified atom stereocenters. The minimum absolute atomic E-state index is 0.118. The number of hydrogen-bond donors (Lipinski definition) is 2. The highest BCUT2D eigenvalue weighted by molar-refractivity contribution is 5.93. The number of nitrogens with one attached hydrogen (secondary N) is 2. The Kier molecular flexibility index (Phi) is 7.11. The molecule has 0 saturated heterocycles. The summed E-state index contributed by atoms with van der Waals surface area (Å²) in [6.07, 6.45) is 0. The Hall–Kier alpha value is -3.47. The second-order valence-corrected chi connectivity index (χ2v) is 6.74. The molecule has 0 bridgehead atoms. The number of para-hydroxylation sites is 1. The molecule has 150 valence electrons. The largest absolute Gasteiger partial charge is 0.490 e. The van der Waals surface area contributed by atoms with Crippen LogP contribution in [-0.2, 0) is 4.79 Å². The van der Waals surface area contributed by atoms with Crippen molar-refractivity contribution in [2.24, 2.45) is 0 Å². The number of rotatable bonds is 9. The van der Waals surface area contributed by atoms with Crippen LogP contribution in [0, 0.1) is 13.8 Å². The molecule has 0 aliphatic carbocycles. The summed E-state index contributed by atoms with van der Waals surface area (Å²) in [5.74, 6) is 1.38. The Bertz CT molecular complexity index is 942. The maximum Gasteiger partial charge on any atom is 0.243 e. The number of carbonyl (C=O) groups excluding carboxylic acids is 1. The Morgan fingerprint density at radius 1 is 0.759 bits per heavy atom. The molecule has 0 heterocycles. The molecule has 0 fully saturated rings. The fourth-order valence-electron chi connectivity index (χ4n) is 2.74. The minimum Gasteiger partial charge on any atom is -0.490 e. The molecule has 3 rings (SSSR count). The second-order valence-electron chi connectivity index (χ2n) is 6.74. The van der Waals surface area contributed by atoms with Gasteiger partial charge in [-0.3, -0.25) is 4.79 Å². The van der Waals surface area contributed by atoms with Gasteiger partial charge in [-0.25, -0.2) is 0 Å². The van der Waals surface area contributed by atoms with Crippen LogP contribution in [0.25, 0.3) is 0 Å². The van der Waals surface area contributed by atoms with E-state index in [0.29, 0.717) is 24.7 Å². The van der Waals surface area contributed by atoms with E-state index in [1.165, 1.54) is 11.1 Å². The van der Waals surface area contributed by atoms with Crippen LogP contribution in [0.15, 0.2) is 72.8 Å². The number of benzene rings is 3. The van der Waals surface area contributed by atoms with E-state index in [9.17, 15) is 4.79 Å². The van der Waals surface area contributed by atoms with Gasteiger partial charge in [0.25, 0.3) is 0 Å². The number of anilines is 2. The molecule has 0 spiro atoms. The topological polar surface area (TPSA) is 59.6 Å². The van der Waals surface area contributed by atoms with Crippen molar-refractivity contribution in [3.05, 3.63) is 83.9 Å². The summed E-state index contributed by atoms with van der Waals surface area (Å²) in [5, 5.41) is 6.03. The van der Waals surface area contributed by atoms with E-state index in [1.807, 2.05) is 66.7 Å². The number of aryl methyl sites for hydroxylation is 2. The van der Waals surface area contributed by atoms with E-state index in [2.05, 4.69) is 24.5 Å². The zero-order valence-corrected chi connectivity index (χ0v) is 16.8. The quantitative estimate of drug-likeness (QED) is 0.515. The Morgan fingerprint density at radius 3 is 2.24 bits per heavy atom. The molecule has 0 atom stereocenters. The molecule has 0 aliphatic heterocycles. The van der Waals surface area contributed by atoms with Gasteiger partial charge in [-0.15, -0.1) is 0 Å². The summed E-state index contributed by atoms with van der Waals surface area (Å²) in [4.78, 5) is 12.2. The fraction of sp³-hybridized carbons (Fsp3) is 0.208. The smallest absolute Gasteiger partial charge is 0.243 e. The molecule has 3 aromatic rings. The minimum atomic E-state index is -0.118. The number of amides is 1. The first-order valence-electron chi connectivity index (χ1n) is 9.62. The van der Waals surface area contributed by atoms with Crippen LogP contribution in [0.3, 0.4) is 0 Å². The summed E-state index contributed by atoms with van der Waals surface area (Å²) in [5.41, 5.74) is 4.04. The van der Waals surface area contributed by atoms with Crippen molar-refractivity contribution in [2.75, 3.05) is 30.4 Å². The molecule has 5 nitrogen and oxygen atoms in total. The van der Waals surface area contributed by atoms with E-state index in [0.717, 1.165) is 11.4 Å². The third-order valence-corrected chi connectivity index (χ3v) is 4.44. The molecule has 3 aromatic carbocycles. The lowest BCUT2D eigenvalue weighted by molar-refractivity contribution is -0.114. The fourth-order valence-corrected chi connectivity index (χ4v) is 2.74. The van der Waals surface area contributed by atoms with Gasteiger partial charge in [-0.05, 0) is 61.4 Å². The maximum absolute atomic E-state index is 12.2. The summed E-state index contributed by atoms with van der Waals surface area (Å²) >= 11 is 0. The Morgan fingerprint density at radius 2 is 1.48 bits per heavy atom. The van der Waals surface area contributed by atoms with Gasteiger partial charge < -0.3 is 20.1 Å². The van der Waals surface area contributed by atoms with E-state index in [1.54, 1.807) is 6.07 Å². The van der Waals surface area contributed by atoms with Crippen molar-refractivity contribution in [2.45, 2.75) is 13.8 Å². The number of carbonyl (C=O) groups is 1. The average Bonchev–Trinajstić information content (AvgIpc) is 2.73. The number of hydrogen-bond acceptors (Lipinski definition) is 4. The lowest BCUT2D eigenvalue weighted by Gasteiger charge is -2.11. The molecule has 5 heteroatoms. The van der Waals surface area contributed by atoms with Gasteiger partial charge in [-0.2, -0.15) is 0 Å². The standard InChI is InChI=1S/C24H26N2O3/c1-18-11-12-20(15-19(18)2)25-17-24(27)26-21-7-6-10-23(16-21)29-14-13-28-22-8-4-3-5-9-22/h3-12,15-16,25H,13-14,17H2,1-2H3,(H,26,27). The molecule has 29 heavy (non-hydrogen) atoms. The zero-order valence-electron chi connectivity index (χ0n) is 16.8. The van der Waals surface area contributed by atoms with Crippen molar-refractivity contribution in [3.8, 4) is 11.5 Å². The van der Waals surface area contributed by atoms with Crippen LogP contribution < -0.4 is 20.1 Å². The van der Waals surface area contributed by atoms with E-state index in [-0.39, 0.29) is 12.5 Å². The summed E-state index contributed by atoms with van der Waals surface area (Å²) < 4.78 is 11.3. The SMILES string of the molecule is Cc1ccc(NCC(=O)Nc2cccc(OCCOc3ccccc3)c2)cc1C. The third-order valence-electron chi connectivity index (χ3n) is 4.44. The van der Waals surface area contributed by atoms with E-state index < -0.39 is 0 Å². The summed E-state index contributed by atoms with van der Waals surface area (Å²) in [6, 6.07) is 23.0.